The number of carbonyl (C=O) groups is 3. The van der Waals surface area contributed by atoms with Gasteiger partial charge in [0, 0.05) is 29.5 Å². The molecule has 0 fully saturated rings. The van der Waals surface area contributed by atoms with E-state index in [0.717, 1.165) is 19.3 Å². The quantitative estimate of drug-likeness (QED) is 0.235. The monoisotopic (exact) mass is 502 g/mol. The molecule has 196 valence electrons. The van der Waals surface area contributed by atoms with Crippen LogP contribution in [0.1, 0.15) is 70.1 Å². The van der Waals surface area contributed by atoms with Gasteiger partial charge in [0.25, 0.3) is 0 Å². The van der Waals surface area contributed by atoms with E-state index in [1.54, 1.807) is 6.07 Å². The molecule has 9 nitrogen and oxygen atoms in total. The number of ether oxygens (including phenoxy) is 6. The summed E-state index contributed by atoms with van der Waals surface area (Å²) >= 11 is 0. The second kappa shape index (κ2) is 10.4. The summed E-state index contributed by atoms with van der Waals surface area (Å²) in [6.45, 7) is 5.99. The van der Waals surface area contributed by atoms with E-state index in [1.165, 1.54) is 20.3 Å². The average molecular weight is 503 g/mol. The predicted molar refractivity (Wildman–Crippen MR) is 128 cm³/mol. The minimum atomic E-state index is -1.43. The maximum absolute atomic E-state index is 13.6. The van der Waals surface area contributed by atoms with Crippen molar-refractivity contribution in [3.05, 3.63) is 28.8 Å². The molecule has 9 heteroatoms. The minimum Gasteiger partial charge on any atom is -0.487 e. The van der Waals surface area contributed by atoms with Crippen LogP contribution in [0.25, 0.3) is 0 Å². The summed E-state index contributed by atoms with van der Waals surface area (Å²) in [7, 11) is 2.59. The smallest absolute Gasteiger partial charge is 0.330 e. The number of esters is 3. The summed E-state index contributed by atoms with van der Waals surface area (Å²) < 4.78 is 33.8. The standard InChI is InChI=1S/C27H34O9/c1-6-7-8-9-20(28)36-23-16(3)15(2)10-17(11-21(29)31-4)27(26(30)32-5)13-33-25-22(27)18(23)12-19-24(25)35-14-34-19/h11-12,15-16,23H,6-10,13-14H2,1-5H3/b17-11+/t15-,16-,23-,27?/m1/s1. The summed E-state index contributed by atoms with van der Waals surface area (Å²) in [5.41, 5.74) is 0.164. The van der Waals surface area contributed by atoms with Crippen LogP contribution < -0.4 is 14.2 Å². The molecular weight excluding hydrogens is 468 g/mol. The maximum atomic E-state index is 13.6. The molecule has 36 heavy (non-hydrogen) atoms. The fourth-order valence-corrected chi connectivity index (χ4v) is 5.37. The van der Waals surface area contributed by atoms with Crippen molar-refractivity contribution < 1.29 is 42.8 Å². The molecule has 0 radical (unpaired) electrons. The van der Waals surface area contributed by atoms with Gasteiger partial charge >= 0.3 is 17.9 Å². The predicted octanol–water partition coefficient (Wildman–Crippen LogP) is 4.16. The van der Waals surface area contributed by atoms with Crippen LogP contribution in [0.2, 0.25) is 0 Å². The van der Waals surface area contributed by atoms with Crippen molar-refractivity contribution in [2.24, 2.45) is 11.8 Å². The molecule has 3 aliphatic rings. The van der Waals surface area contributed by atoms with Crippen LogP contribution in [0.5, 0.6) is 17.2 Å². The van der Waals surface area contributed by atoms with E-state index >= 15 is 0 Å². The lowest BCUT2D eigenvalue weighted by atomic mass is 9.65. The van der Waals surface area contributed by atoms with E-state index in [0.29, 0.717) is 46.8 Å². The van der Waals surface area contributed by atoms with E-state index in [4.69, 9.17) is 28.4 Å². The highest BCUT2D eigenvalue weighted by molar-refractivity contribution is 5.94. The van der Waals surface area contributed by atoms with Crippen LogP contribution in [0, 0.1) is 11.8 Å². The minimum absolute atomic E-state index is 0.00189. The third-order valence-corrected chi connectivity index (χ3v) is 7.55. The van der Waals surface area contributed by atoms with Gasteiger partial charge in [-0.2, -0.15) is 0 Å². The number of unbranched alkanes of at least 4 members (excludes halogenated alkanes) is 2. The van der Waals surface area contributed by atoms with Crippen molar-refractivity contribution in [2.75, 3.05) is 27.6 Å². The Morgan fingerprint density at radius 1 is 1.08 bits per heavy atom. The molecule has 4 rings (SSSR count). The number of rotatable bonds is 7. The molecule has 0 N–H and O–H groups in total. The molecule has 0 spiro atoms. The number of fused-ring (bicyclic) bond motifs is 2. The van der Waals surface area contributed by atoms with Crippen LogP contribution in [-0.2, 0) is 34.0 Å². The molecule has 0 saturated heterocycles. The third kappa shape index (κ3) is 4.29. The van der Waals surface area contributed by atoms with Crippen molar-refractivity contribution in [1.82, 2.24) is 0 Å². The normalized spacial score (nSPS) is 26.9. The average Bonchev–Trinajstić information content (AvgIpc) is 3.50. The van der Waals surface area contributed by atoms with Gasteiger partial charge in [0.1, 0.15) is 12.7 Å². The van der Waals surface area contributed by atoms with Crippen molar-refractivity contribution in [2.45, 2.75) is 64.4 Å². The van der Waals surface area contributed by atoms with Gasteiger partial charge < -0.3 is 28.4 Å². The highest BCUT2D eigenvalue weighted by Crippen LogP contribution is 2.59. The van der Waals surface area contributed by atoms with Gasteiger partial charge in [0.2, 0.25) is 12.5 Å². The van der Waals surface area contributed by atoms with E-state index in [2.05, 4.69) is 6.92 Å². The Bertz CT molecular complexity index is 1080. The largest absolute Gasteiger partial charge is 0.487 e. The fraction of sp³-hybridized carbons (Fsp3) is 0.593. The molecule has 2 aliphatic heterocycles. The first-order chi connectivity index (χ1) is 17.3. The Morgan fingerprint density at radius 3 is 2.56 bits per heavy atom. The second-order valence-electron chi connectivity index (χ2n) is 9.69. The van der Waals surface area contributed by atoms with Crippen molar-refractivity contribution in [3.63, 3.8) is 0 Å². The van der Waals surface area contributed by atoms with Gasteiger partial charge in [-0.1, -0.05) is 33.6 Å². The first-order valence-corrected chi connectivity index (χ1v) is 12.4. The summed E-state index contributed by atoms with van der Waals surface area (Å²) in [6.07, 6.45) is 4.04. The zero-order valence-electron chi connectivity index (χ0n) is 21.5. The summed E-state index contributed by atoms with van der Waals surface area (Å²) in [6, 6.07) is 1.77. The summed E-state index contributed by atoms with van der Waals surface area (Å²) in [4.78, 5) is 38.9. The molecule has 0 amide bonds. The van der Waals surface area contributed by atoms with Crippen LogP contribution in [0.15, 0.2) is 17.7 Å². The van der Waals surface area contributed by atoms with Crippen LogP contribution in [-0.4, -0.2) is 45.5 Å². The molecule has 4 atom stereocenters. The van der Waals surface area contributed by atoms with E-state index in [-0.39, 0.29) is 31.2 Å². The zero-order valence-corrected chi connectivity index (χ0v) is 21.5. The Morgan fingerprint density at radius 2 is 1.86 bits per heavy atom. The molecule has 1 aliphatic carbocycles. The van der Waals surface area contributed by atoms with Crippen LogP contribution in [0.4, 0.5) is 0 Å². The SMILES string of the molecule is CCCCCC(=O)O[C@H]1c2cc3c(c4c2C(C(=O)OC)(CO4)/C(=C/C(=O)OC)C[C@@H](C)[C@H]1C)OCO3. The van der Waals surface area contributed by atoms with Gasteiger partial charge in [0.15, 0.2) is 16.9 Å². The first kappa shape index (κ1) is 25.9. The molecule has 0 aromatic heterocycles. The zero-order chi connectivity index (χ0) is 26.0. The second-order valence-corrected chi connectivity index (χ2v) is 9.69. The highest BCUT2D eigenvalue weighted by atomic mass is 16.7. The Hall–Kier alpha value is -3.23. The van der Waals surface area contributed by atoms with E-state index in [1.807, 2.05) is 13.8 Å². The Kier molecular flexibility index (Phi) is 7.47. The van der Waals surface area contributed by atoms with Gasteiger partial charge in [-0.25, -0.2) is 4.79 Å². The van der Waals surface area contributed by atoms with Gasteiger partial charge in [0.05, 0.1) is 14.2 Å². The van der Waals surface area contributed by atoms with Crippen molar-refractivity contribution in [3.8, 4) is 17.2 Å². The lowest BCUT2D eigenvalue weighted by molar-refractivity contribution is -0.153. The maximum Gasteiger partial charge on any atom is 0.330 e. The Labute approximate surface area is 211 Å². The number of carbonyl (C=O) groups excluding carboxylic acids is 3. The molecule has 0 bridgehead atoms. The topological polar surface area (TPSA) is 107 Å². The van der Waals surface area contributed by atoms with E-state index in [9.17, 15) is 14.4 Å². The van der Waals surface area contributed by atoms with Crippen molar-refractivity contribution >= 4 is 17.9 Å². The van der Waals surface area contributed by atoms with Gasteiger partial charge in [-0.15, -0.1) is 0 Å². The third-order valence-electron chi connectivity index (χ3n) is 7.55. The fourth-order valence-electron chi connectivity index (χ4n) is 5.37. The van der Waals surface area contributed by atoms with Crippen molar-refractivity contribution in [1.29, 1.82) is 0 Å². The molecule has 1 aromatic carbocycles. The summed E-state index contributed by atoms with van der Waals surface area (Å²) in [5, 5.41) is 0. The molecule has 1 unspecified atom stereocenters. The van der Waals surface area contributed by atoms with Gasteiger partial charge in [-0.3, -0.25) is 9.59 Å². The molecule has 0 saturated carbocycles. The molecule has 2 heterocycles. The number of hydrogen-bond acceptors (Lipinski definition) is 9. The molecule has 1 aromatic rings. The lowest BCUT2D eigenvalue weighted by Gasteiger charge is -2.39. The Balaban J connectivity index is 1.95. The molecular formula is C27H34O9. The lowest BCUT2D eigenvalue weighted by Crippen LogP contribution is -2.44. The van der Waals surface area contributed by atoms with Gasteiger partial charge in [-0.05, 0) is 30.4 Å². The highest BCUT2D eigenvalue weighted by Gasteiger charge is 2.57. The number of benzene rings is 1. The number of methoxy groups -OCH3 is 2. The van der Waals surface area contributed by atoms with E-state index < -0.39 is 23.5 Å². The number of hydrogen-bond donors (Lipinski definition) is 0. The van der Waals surface area contributed by atoms with Crippen LogP contribution in [0.3, 0.4) is 0 Å². The van der Waals surface area contributed by atoms with Crippen LogP contribution >= 0.6 is 0 Å². The summed E-state index contributed by atoms with van der Waals surface area (Å²) in [5.74, 6) is -0.501. The first-order valence-electron chi connectivity index (χ1n) is 12.4.